The van der Waals surface area contributed by atoms with Crippen molar-refractivity contribution in [2.24, 2.45) is 5.92 Å². The number of hydrogen-bond acceptors (Lipinski definition) is 4. The van der Waals surface area contributed by atoms with Crippen LogP contribution in [0, 0.1) is 5.92 Å². The number of rotatable bonds is 6. The number of benzene rings is 2. The summed E-state index contributed by atoms with van der Waals surface area (Å²) in [5.41, 5.74) is 0. The number of nitrogens with one attached hydrogen (secondary N) is 1. The lowest BCUT2D eigenvalue weighted by Crippen LogP contribution is -2.51. The summed E-state index contributed by atoms with van der Waals surface area (Å²) in [6.07, 6.45) is 0.0882. The molecule has 0 saturated carbocycles. The molecule has 1 fully saturated rings. The normalized spacial score (nSPS) is 15.1. The third-order valence-electron chi connectivity index (χ3n) is 5.10. The second kappa shape index (κ2) is 8.92. The van der Waals surface area contributed by atoms with Gasteiger partial charge in [0.15, 0.2) is 0 Å². The SMILES string of the molecule is CC(C)C(=O)N1CCN(C(=O)CCNS(=O)(=O)c2ccc3ccccc3c2)CC1. The van der Waals surface area contributed by atoms with Gasteiger partial charge in [-0.05, 0) is 22.9 Å². The zero-order chi connectivity index (χ0) is 21.0. The van der Waals surface area contributed by atoms with Crippen molar-refractivity contribution in [1.29, 1.82) is 0 Å². The number of hydrogen-bond donors (Lipinski definition) is 1. The highest BCUT2D eigenvalue weighted by atomic mass is 32.2. The van der Waals surface area contributed by atoms with E-state index in [4.69, 9.17) is 0 Å². The van der Waals surface area contributed by atoms with Crippen LogP contribution in [-0.4, -0.2) is 62.8 Å². The summed E-state index contributed by atoms with van der Waals surface area (Å²) in [5.74, 6) is -0.0649. The summed E-state index contributed by atoms with van der Waals surface area (Å²) < 4.78 is 27.6. The minimum atomic E-state index is -3.68. The molecule has 0 unspecified atom stereocenters. The Morgan fingerprint density at radius 2 is 1.59 bits per heavy atom. The summed E-state index contributed by atoms with van der Waals surface area (Å²) >= 11 is 0. The number of nitrogens with zero attached hydrogens (tertiary/aromatic N) is 2. The van der Waals surface area contributed by atoms with Gasteiger partial charge in [-0.1, -0.05) is 44.2 Å². The second-order valence-corrected chi connectivity index (χ2v) is 9.28. The molecule has 8 heteroatoms. The van der Waals surface area contributed by atoms with Gasteiger partial charge in [0, 0.05) is 45.1 Å². The number of carbonyl (C=O) groups excluding carboxylic acids is 2. The summed E-state index contributed by atoms with van der Waals surface area (Å²) in [4.78, 5) is 28.1. The molecule has 2 amide bonds. The minimum absolute atomic E-state index is 0.0408. The predicted molar refractivity (Wildman–Crippen MR) is 112 cm³/mol. The number of fused-ring (bicyclic) bond motifs is 1. The van der Waals surface area contributed by atoms with Gasteiger partial charge in [0.05, 0.1) is 4.90 Å². The van der Waals surface area contributed by atoms with Gasteiger partial charge in [0.1, 0.15) is 0 Å². The standard InChI is InChI=1S/C21H27N3O4S/c1-16(2)21(26)24-13-11-23(12-14-24)20(25)9-10-22-29(27,28)19-8-7-17-5-3-4-6-18(17)15-19/h3-8,15-16,22H,9-14H2,1-2H3. The molecule has 1 aliphatic heterocycles. The number of piperazine rings is 1. The van der Waals surface area contributed by atoms with Crippen LogP contribution in [-0.2, 0) is 19.6 Å². The first kappa shape index (κ1) is 21.3. The van der Waals surface area contributed by atoms with Gasteiger partial charge < -0.3 is 9.80 Å². The maximum Gasteiger partial charge on any atom is 0.240 e. The Balaban J connectivity index is 1.51. The Bertz CT molecular complexity index is 996. The molecule has 2 aromatic rings. The lowest BCUT2D eigenvalue weighted by atomic mass is 10.1. The van der Waals surface area contributed by atoms with E-state index in [0.29, 0.717) is 26.2 Å². The molecule has 3 rings (SSSR count). The second-order valence-electron chi connectivity index (χ2n) is 7.52. The third kappa shape index (κ3) is 5.13. The molecular formula is C21H27N3O4S. The molecule has 0 aromatic heterocycles. The molecule has 1 aliphatic rings. The van der Waals surface area contributed by atoms with Crippen molar-refractivity contribution < 1.29 is 18.0 Å². The highest BCUT2D eigenvalue weighted by Crippen LogP contribution is 2.18. The highest BCUT2D eigenvalue weighted by Gasteiger charge is 2.25. The van der Waals surface area contributed by atoms with Gasteiger partial charge in [-0.3, -0.25) is 9.59 Å². The van der Waals surface area contributed by atoms with E-state index >= 15 is 0 Å². The summed E-state index contributed by atoms with van der Waals surface area (Å²) in [7, 11) is -3.68. The largest absolute Gasteiger partial charge is 0.339 e. The lowest BCUT2D eigenvalue weighted by Gasteiger charge is -2.35. The van der Waals surface area contributed by atoms with E-state index in [1.807, 2.05) is 38.1 Å². The Hall–Kier alpha value is -2.45. The third-order valence-corrected chi connectivity index (χ3v) is 6.56. The van der Waals surface area contributed by atoms with Crippen LogP contribution in [0.2, 0.25) is 0 Å². The fourth-order valence-electron chi connectivity index (χ4n) is 3.41. The zero-order valence-electron chi connectivity index (χ0n) is 16.8. The van der Waals surface area contributed by atoms with Crippen LogP contribution in [0.3, 0.4) is 0 Å². The molecule has 0 radical (unpaired) electrons. The maximum absolute atomic E-state index is 12.5. The highest BCUT2D eigenvalue weighted by molar-refractivity contribution is 7.89. The van der Waals surface area contributed by atoms with E-state index in [9.17, 15) is 18.0 Å². The Kier molecular flexibility index (Phi) is 6.54. The van der Waals surface area contributed by atoms with Gasteiger partial charge in [0.25, 0.3) is 0 Å². The van der Waals surface area contributed by atoms with Gasteiger partial charge in [-0.15, -0.1) is 0 Å². The molecule has 2 aromatic carbocycles. The molecule has 156 valence electrons. The van der Waals surface area contributed by atoms with Crippen LogP contribution < -0.4 is 4.72 Å². The number of sulfonamides is 1. The fourth-order valence-corrected chi connectivity index (χ4v) is 4.48. The van der Waals surface area contributed by atoms with Gasteiger partial charge in [0.2, 0.25) is 21.8 Å². The maximum atomic E-state index is 12.5. The molecule has 1 saturated heterocycles. The average molecular weight is 418 g/mol. The van der Waals surface area contributed by atoms with Gasteiger partial charge >= 0.3 is 0 Å². The first-order valence-corrected chi connectivity index (χ1v) is 11.3. The van der Waals surface area contributed by atoms with Crippen LogP contribution in [0.4, 0.5) is 0 Å². The van der Waals surface area contributed by atoms with Gasteiger partial charge in [-0.2, -0.15) is 0 Å². The molecule has 0 aliphatic carbocycles. The van der Waals surface area contributed by atoms with Crippen molar-refractivity contribution in [2.45, 2.75) is 25.2 Å². The Morgan fingerprint density at radius 3 is 2.24 bits per heavy atom. The average Bonchev–Trinajstić information content (AvgIpc) is 2.72. The van der Waals surface area contributed by atoms with Crippen molar-refractivity contribution in [3.05, 3.63) is 42.5 Å². The van der Waals surface area contributed by atoms with E-state index in [-0.39, 0.29) is 35.6 Å². The fraction of sp³-hybridized carbons (Fsp3) is 0.429. The molecule has 0 spiro atoms. The van der Waals surface area contributed by atoms with Crippen LogP contribution in [0.5, 0.6) is 0 Å². The monoisotopic (exact) mass is 417 g/mol. The van der Waals surface area contributed by atoms with Crippen molar-refractivity contribution in [3.8, 4) is 0 Å². The Morgan fingerprint density at radius 1 is 0.966 bits per heavy atom. The zero-order valence-corrected chi connectivity index (χ0v) is 17.6. The van der Waals surface area contributed by atoms with E-state index in [1.54, 1.807) is 28.0 Å². The molecule has 1 heterocycles. The molecule has 0 bridgehead atoms. The van der Waals surface area contributed by atoms with Gasteiger partial charge in [-0.25, -0.2) is 13.1 Å². The first-order chi connectivity index (χ1) is 13.8. The predicted octanol–water partition coefficient (Wildman–Crippen LogP) is 1.83. The molecular weight excluding hydrogens is 390 g/mol. The van der Waals surface area contributed by atoms with Crippen molar-refractivity contribution >= 4 is 32.6 Å². The number of carbonyl (C=O) groups is 2. The van der Waals surface area contributed by atoms with E-state index in [1.165, 1.54) is 0 Å². The number of amides is 2. The van der Waals surface area contributed by atoms with E-state index in [0.717, 1.165) is 10.8 Å². The summed E-state index contributed by atoms with van der Waals surface area (Å²) in [5, 5.41) is 1.82. The summed E-state index contributed by atoms with van der Waals surface area (Å²) in [6.45, 7) is 5.77. The van der Waals surface area contributed by atoms with Crippen LogP contribution in [0.15, 0.2) is 47.4 Å². The van der Waals surface area contributed by atoms with Crippen LogP contribution in [0.1, 0.15) is 20.3 Å². The first-order valence-electron chi connectivity index (χ1n) is 9.83. The molecule has 0 atom stereocenters. The van der Waals surface area contributed by atoms with E-state index in [2.05, 4.69) is 4.72 Å². The molecule has 7 nitrogen and oxygen atoms in total. The van der Waals surface area contributed by atoms with Crippen LogP contribution >= 0.6 is 0 Å². The topological polar surface area (TPSA) is 86.8 Å². The molecule has 29 heavy (non-hydrogen) atoms. The lowest BCUT2D eigenvalue weighted by molar-refractivity contribution is -0.141. The van der Waals surface area contributed by atoms with Crippen LogP contribution in [0.25, 0.3) is 10.8 Å². The van der Waals surface area contributed by atoms with Crippen molar-refractivity contribution in [2.75, 3.05) is 32.7 Å². The van der Waals surface area contributed by atoms with Crippen molar-refractivity contribution in [3.63, 3.8) is 0 Å². The molecule has 1 N–H and O–H groups in total. The summed E-state index contributed by atoms with van der Waals surface area (Å²) in [6, 6.07) is 12.5. The smallest absolute Gasteiger partial charge is 0.240 e. The van der Waals surface area contributed by atoms with E-state index < -0.39 is 10.0 Å². The Labute approximate surface area is 171 Å². The van der Waals surface area contributed by atoms with Crippen molar-refractivity contribution in [1.82, 2.24) is 14.5 Å². The minimum Gasteiger partial charge on any atom is -0.339 e. The quantitative estimate of drug-likeness (QED) is 0.777.